The number of benzene rings is 1. The maximum atomic E-state index is 12.6. The van der Waals surface area contributed by atoms with E-state index in [1.807, 2.05) is 0 Å². The van der Waals surface area contributed by atoms with E-state index in [4.69, 9.17) is 10.8 Å². The molecule has 11 nitrogen and oxygen atoms in total. The number of carboxylic acid groups (broad SMARTS) is 2. The summed E-state index contributed by atoms with van der Waals surface area (Å²) in [5.74, 6) is -4.59. The number of nitrogens with one attached hydrogen (secondary N) is 3. The van der Waals surface area contributed by atoms with Crippen molar-refractivity contribution < 1.29 is 34.2 Å². The van der Waals surface area contributed by atoms with Crippen LogP contribution in [0.15, 0.2) is 30.3 Å². The molecule has 0 saturated heterocycles. The zero-order chi connectivity index (χ0) is 22.7. The average Bonchev–Trinajstić information content (AvgIpc) is 2.68. The van der Waals surface area contributed by atoms with Gasteiger partial charge in [-0.25, -0.2) is 4.79 Å². The summed E-state index contributed by atoms with van der Waals surface area (Å²) in [5.41, 5.74) is 6.11. The minimum Gasteiger partial charge on any atom is -0.481 e. The van der Waals surface area contributed by atoms with E-state index in [0.717, 1.165) is 0 Å². The van der Waals surface area contributed by atoms with E-state index in [9.17, 15) is 29.1 Å². The third-order valence-electron chi connectivity index (χ3n) is 4.03. The van der Waals surface area contributed by atoms with E-state index >= 15 is 0 Å². The number of nitrogens with two attached hydrogens (primary N) is 1. The van der Waals surface area contributed by atoms with Gasteiger partial charge in [-0.1, -0.05) is 30.3 Å². The molecule has 1 rings (SSSR count). The summed E-state index contributed by atoms with van der Waals surface area (Å²) in [4.78, 5) is 58.3. The molecule has 1 aromatic carbocycles. The Hall–Kier alpha value is -3.47. The van der Waals surface area contributed by atoms with Crippen molar-refractivity contribution in [3.05, 3.63) is 35.9 Å². The highest BCUT2D eigenvalue weighted by molar-refractivity contribution is 5.92. The minimum atomic E-state index is -1.43. The van der Waals surface area contributed by atoms with Gasteiger partial charge >= 0.3 is 11.9 Å². The summed E-state index contributed by atoms with van der Waals surface area (Å²) in [5, 5.41) is 25.0. The van der Waals surface area contributed by atoms with Crippen LogP contribution in [0.25, 0.3) is 0 Å². The van der Waals surface area contributed by atoms with Gasteiger partial charge in [0.05, 0.1) is 12.6 Å². The highest BCUT2D eigenvalue weighted by atomic mass is 16.4. The van der Waals surface area contributed by atoms with Crippen molar-refractivity contribution >= 4 is 29.7 Å². The highest BCUT2D eigenvalue weighted by Gasteiger charge is 2.27. The van der Waals surface area contributed by atoms with E-state index in [0.29, 0.717) is 5.56 Å². The van der Waals surface area contributed by atoms with Crippen LogP contribution >= 0.6 is 0 Å². The number of hydrogen-bond donors (Lipinski definition) is 6. The van der Waals surface area contributed by atoms with Crippen molar-refractivity contribution in [1.29, 1.82) is 0 Å². The molecule has 0 aliphatic heterocycles. The molecule has 0 bridgehead atoms. The van der Waals surface area contributed by atoms with E-state index < -0.39 is 60.8 Å². The molecular weight excluding hydrogens is 396 g/mol. The smallest absolute Gasteiger partial charge is 0.326 e. The van der Waals surface area contributed by atoms with Crippen LogP contribution in [0.3, 0.4) is 0 Å². The molecule has 0 spiro atoms. The van der Waals surface area contributed by atoms with Crippen molar-refractivity contribution in [2.75, 3.05) is 6.54 Å². The number of hydrogen-bond acceptors (Lipinski definition) is 6. The molecule has 3 unspecified atom stereocenters. The summed E-state index contributed by atoms with van der Waals surface area (Å²) in [7, 11) is 0. The van der Waals surface area contributed by atoms with Gasteiger partial charge in [0.1, 0.15) is 12.1 Å². The number of carbonyl (C=O) groups excluding carboxylic acids is 3. The first-order valence-electron chi connectivity index (χ1n) is 9.21. The van der Waals surface area contributed by atoms with Gasteiger partial charge in [0, 0.05) is 12.8 Å². The first kappa shape index (κ1) is 24.6. The molecule has 3 amide bonds. The zero-order valence-electron chi connectivity index (χ0n) is 16.5. The number of amides is 3. The van der Waals surface area contributed by atoms with Crippen LogP contribution in [0.2, 0.25) is 0 Å². The Bertz CT molecular complexity index is 767. The monoisotopic (exact) mass is 422 g/mol. The Balaban J connectivity index is 2.86. The molecule has 0 aliphatic rings. The van der Waals surface area contributed by atoms with Crippen molar-refractivity contribution in [2.24, 2.45) is 5.73 Å². The summed E-state index contributed by atoms with van der Waals surface area (Å²) >= 11 is 0. The van der Waals surface area contributed by atoms with Gasteiger partial charge in [0.25, 0.3) is 0 Å². The summed E-state index contributed by atoms with van der Waals surface area (Å²) in [6.45, 7) is 1.03. The molecular formula is C19H26N4O7. The van der Waals surface area contributed by atoms with E-state index in [-0.39, 0.29) is 12.8 Å². The second-order valence-corrected chi connectivity index (χ2v) is 6.65. The molecule has 164 valence electrons. The van der Waals surface area contributed by atoms with Crippen LogP contribution in [-0.4, -0.2) is 64.5 Å². The molecule has 0 heterocycles. The number of carboxylic acids is 2. The largest absolute Gasteiger partial charge is 0.481 e. The zero-order valence-corrected chi connectivity index (χ0v) is 16.5. The Morgan fingerprint density at radius 3 is 2.13 bits per heavy atom. The molecule has 0 saturated carbocycles. The molecule has 11 heteroatoms. The standard InChI is InChI=1S/C19H26N4O7/c1-11(20)17(27)21-10-15(24)22-14(9-12-5-3-2-4-6-12)18(28)23-13(19(29)30)7-8-16(25)26/h2-6,11,13-14H,7-10,20H2,1H3,(H,21,27)(H,22,24)(H,23,28)(H,25,26)(H,29,30). The Morgan fingerprint density at radius 2 is 1.60 bits per heavy atom. The van der Waals surface area contributed by atoms with Crippen molar-refractivity contribution in [1.82, 2.24) is 16.0 Å². The predicted molar refractivity (Wildman–Crippen MR) is 105 cm³/mol. The molecule has 7 N–H and O–H groups in total. The maximum Gasteiger partial charge on any atom is 0.326 e. The van der Waals surface area contributed by atoms with E-state index in [1.165, 1.54) is 6.92 Å². The Kier molecular flexibility index (Phi) is 9.97. The predicted octanol–water partition coefficient (Wildman–Crippen LogP) is -1.39. The quantitative estimate of drug-likeness (QED) is 0.237. The van der Waals surface area contributed by atoms with Crippen molar-refractivity contribution in [3.8, 4) is 0 Å². The Morgan fingerprint density at radius 1 is 0.967 bits per heavy atom. The van der Waals surface area contributed by atoms with Crippen LogP contribution in [0.1, 0.15) is 25.3 Å². The van der Waals surface area contributed by atoms with Gasteiger partial charge in [0.15, 0.2) is 0 Å². The first-order chi connectivity index (χ1) is 14.1. The molecule has 1 aromatic rings. The lowest BCUT2D eigenvalue weighted by molar-refractivity contribution is -0.143. The number of aliphatic carboxylic acids is 2. The lowest BCUT2D eigenvalue weighted by Gasteiger charge is -2.21. The van der Waals surface area contributed by atoms with Crippen LogP contribution in [0.5, 0.6) is 0 Å². The molecule has 0 radical (unpaired) electrons. The van der Waals surface area contributed by atoms with E-state index in [2.05, 4.69) is 16.0 Å². The maximum absolute atomic E-state index is 12.6. The summed E-state index contributed by atoms with van der Waals surface area (Å²) in [6, 6.07) is 5.32. The fourth-order valence-corrected chi connectivity index (χ4v) is 2.43. The average molecular weight is 422 g/mol. The molecule has 0 fully saturated rings. The minimum absolute atomic E-state index is 0.0604. The van der Waals surface area contributed by atoms with Crippen LogP contribution in [-0.2, 0) is 30.4 Å². The van der Waals surface area contributed by atoms with E-state index in [1.54, 1.807) is 30.3 Å². The Labute approximate surface area is 173 Å². The molecule has 0 aromatic heterocycles. The highest BCUT2D eigenvalue weighted by Crippen LogP contribution is 2.05. The fourth-order valence-electron chi connectivity index (χ4n) is 2.43. The van der Waals surface area contributed by atoms with Gasteiger partial charge in [-0.3, -0.25) is 19.2 Å². The van der Waals surface area contributed by atoms with Crippen molar-refractivity contribution in [3.63, 3.8) is 0 Å². The summed E-state index contributed by atoms with van der Waals surface area (Å²) in [6.07, 6.45) is -0.700. The van der Waals surface area contributed by atoms with Gasteiger partial charge in [0.2, 0.25) is 17.7 Å². The third-order valence-corrected chi connectivity index (χ3v) is 4.03. The van der Waals surface area contributed by atoms with Gasteiger partial charge in [-0.15, -0.1) is 0 Å². The SMILES string of the molecule is CC(N)C(=O)NCC(=O)NC(Cc1ccccc1)C(=O)NC(CCC(=O)O)C(=O)O. The molecule has 30 heavy (non-hydrogen) atoms. The second kappa shape index (κ2) is 12.2. The fraction of sp³-hybridized carbons (Fsp3) is 0.421. The van der Waals surface area contributed by atoms with Crippen LogP contribution < -0.4 is 21.7 Å². The molecule has 0 aliphatic carbocycles. The first-order valence-corrected chi connectivity index (χ1v) is 9.21. The normalized spacial score (nSPS) is 13.4. The second-order valence-electron chi connectivity index (χ2n) is 6.65. The number of rotatable bonds is 12. The van der Waals surface area contributed by atoms with Gasteiger partial charge in [-0.2, -0.15) is 0 Å². The number of carbonyl (C=O) groups is 5. The van der Waals surface area contributed by atoms with Crippen LogP contribution in [0.4, 0.5) is 0 Å². The summed E-state index contributed by atoms with van der Waals surface area (Å²) < 4.78 is 0. The lowest BCUT2D eigenvalue weighted by atomic mass is 10.0. The van der Waals surface area contributed by atoms with Gasteiger partial charge < -0.3 is 31.9 Å². The third kappa shape index (κ3) is 9.15. The topological polar surface area (TPSA) is 188 Å². The molecule has 3 atom stereocenters. The van der Waals surface area contributed by atoms with Gasteiger partial charge in [-0.05, 0) is 18.9 Å². The lowest BCUT2D eigenvalue weighted by Crippen LogP contribution is -2.54. The van der Waals surface area contributed by atoms with Crippen molar-refractivity contribution in [2.45, 2.75) is 44.3 Å². The van der Waals surface area contributed by atoms with Crippen LogP contribution in [0, 0.1) is 0 Å².